The van der Waals surface area contributed by atoms with Gasteiger partial charge in [-0.15, -0.1) is 0 Å². The van der Waals surface area contributed by atoms with Gasteiger partial charge < -0.3 is 20.1 Å². The summed E-state index contributed by atoms with van der Waals surface area (Å²) in [5.41, 5.74) is -2.77. The number of ether oxygens (including phenoxy) is 1. The van der Waals surface area contributed by atoms with Crippen LogP contribution >= 0.6 is 0 Å². The average Bonchev–Trinajstić information content (AvgIpc) is 2.00. The van der Waals surface area contributed by atoms with Gasteiger partial charge in [-0.1, -0.05) is 0 Å². The van der Waals surface area contributed by atoms with E-state index >= 15 is 0 Å². The van der Waals surface area contributed by atoms with E-state index in [2.05, 4.69) is 0 Å². The predicted octanol–water partition coefficient (Wildman–Crippen LogP) is -5.42. The lowest BCUT2D eigenvalue weighted by Gasteiger charge is -2.51. The van der Waals surface area contributed by atoms with Gasteiger partial charge in [0.25, 0.3) is 0 Å². The molecule has 0 heterocycles. The Morgan fingerprint density at radius 1 is 1.14 bits per heavy atom. The molecular formula is C6H18B4O4. The molecule has 0 aliphatic carbocycles. The number of hydrogen-bond acceptors (Lipinski definition) is 4. The SMILES string of the molecule is BC(B)(O)C(B)(OC)C(B)(O)C(C)O. The van der Waals surface area contributed by atoms with Gasteiger partial charge in [0.1, 0.15) is 31.4 Å². The van der Waals surface area contributed by atoms with Gasteiger partial charge in [0, 0.05) is 12.5 Å². The highest BCUT2D eigenvalue weighted by molar-refractivity contribution is 6.45. The van der Waals surface area contributed by atoms with Crippen LogP contribution in [0, 0.1) is 0 Å². The summed E-state index contributed by atoms with van der Waals surface area (Å²) in [6.07, 6.45) is -1.00. The summed E-state index contributed by atoms with van der Waals surface area (Å²) in [7, 11) is 7.48. The van der Waals surface area contributed by atoms with Crippen molar-refractivity contribution in [2.75, 3.05) is 7.11 Å². The first-order chi connectivity index (χ1) is 6.00. The van der Waals surface area contributed by atoms with Crippen molar-refractivity contribution in [3.63, 3.8) is 0 Å². The first-order valence-corrected chi connectivity index (χ1v) is 4.68. The highest BCUT2D eigenvalue weighted by atomic mass is 16.5. The quantitative estimate of drug-likeness (QED) is 0.394. The topological polar surface area (TPSA) is 69.9 Å². The van der Waals surface area contributed by atoms with Crippen molar-refractivity contribution in [3.8, 4) is 0 Å². The largest absolute Gasteiger partial charge is 0.405 e. The van der Waals surface area contributed by atoms with Crippen LogP contribution in [0.2, 0.25) is 0 Å². The number of methoxy groups -OCH3 is 1. The van der Waals surface area contributed by atoms with Gasteiger partial charge in [-0.05, 0) is 6.92 Å². The van der Waals surface area contributed by atoms with E-state index in [0.29, 0.717) is 0 Å². The molecule has 8 heteroatoms. The summed E-state index contributed by atoms with van der Waals surface area (Å²) in [6, 6.07) is 0. The lowest BCUT2D eigenvalue weighted by atomic mass is 9.40. The van der Waals surface area contributed by atoms with E-state index in [4.69, 9.17) is 4.74 Å². The molecule has 0 saturated heterocycles. The molecular weight excluding hydrogens is 179 g/mol. The Hall–Kier alpha value is 0.0997. The van der Waals surface area contributed by atoms with Crippen molar-refractivity contribution in [2.45, 2.75) is 29.4 Å². The molecule has 3 atom stereocenters. The molecule has 14 heavy (non-hydrogen) atoms. The molecule has 78 valence electrons. The van der Waals surface area contributed by atoms with Gasteiger partial charge in [0.05, 0.1) is 17.1 Å². The second kappa shape index (κ2) is 3.93. The molecule has 0 bridgehead atoms. The minimum absolute atomic E-state index is 1.00. The molecule has 0 saturated carbocycles. The number of rotatable bonds is 4. The molecule has 0 radical (unpaired) electrons. The standard InChI is InChI=1S/C6H18B4O4/c1-3(11)4(7,12)5(8,14-2)6(9,10)13/h3,11-13H,7-10H2,1-2H3. The fourth-order valence-electron chi connectivity index (χ4n) is 1.47. The summed E-state index contributed by atoms with van der Waals surface area (Å²) in [4.78, 5) is 0. The molecule has 3 unspecified atom stereocenters. The Balaban J connectivity index is 5.25. The fourth-order valence-corrected chi connectivity index (χ4v) is 1.47. The second-order valence-corrected chi connectivity index (χ2v) is 4.62. The molecule has 0 rings (SSSR count). The van der Waals surface area contributed by atoms with Gasteiger partial charge >= 0.3 is 0 Å². The van der Waals surface area contributed by atoms with Crippen LogP contribution in [0.4, 0.5) is 0 Å². The first kappa shape index (κ1) is 14.1. The lowest BCUT2D eigenvalue weighted by Crippen LogP contribution is -2.73. The fraction of sp³-hybridized carbons (Fsp3) is 1.00. The molecule has 0 aromatic carbocycles. The highest BCUT2D eigenvalue weighted by Gasteiger charge is 2.54. The van der Waals surface area contributed by atoms with Gasteiger partial charge in [-0.2, -0.15) is 0 Å². The van der Waals surface area contributed by atoms with Crippen LogP contribution in [0.15, 0.2) is 0 Å². The van der Waals surface area contributed by atoms with E-state index in [1.165, 1.54) is 37.6 Å². The molecule has 4 nitrogen and oxygen atoms in total. The Labute approximate surface area is 88.7 Å². The van der Waals surface area contributed by atoms with E-state index in [1.54, 1.807) is 7.85 Å². The van der Waals surface area contributed by atoms with E-state index < -0.39 is 22.5 Å². The summed E-state index contributed by atoms with van der Waals surface area (Å²) in [6.45, 7) is 1.46. The number of hydrogen-bond donors (Lipinski definition) is 3. The van der Waals surface area contributed by atoms with Gasteiger partial charge in [-0.3, -0.25) is 0 Å². The molecule has 0 amide bonds. The molecule has 0 aliphatic rings. The summed E-state index contributed by atoms with van der Waals surface area (Å²) < 4.78 is 5.17. The summed E-state index contributed by atoms with van der Waals surface area (Å²) in [5, 5.41) is 28.2. The maximum atomic E-state index is 10.1. The smallest absolute Gasteiger partial charge is 0.149 e. The third-order valence-electron chi connectivity index (χ3n) is 3.36. The molecule has 0 fully saturated rings. The Morgan fingerprint density at radius 3 is 1.57 bits per heavy atom. The van der Waals surface area contributed by atoms with Crippen LogP contribution in [0.1, 0.15) is 6.92 Å². The Kier molecular flexibility index (Phi) is 3.95. The van der Waals surface area contributed by atoms with Crippen LogP contribution in [0.5, 0.6) is 0 Å². The highest BCUT2D eigenvalue weighted by Crippen LogP contribution is 2.30. The third kappa shape index (κ3) is 2.03. The van der Waals surface area contributed by atoms with E-state index in [9.17, 15) is 15.3 Å². The number of aliphatic hydroxyl groups excluding tert-OH is 1. The first-order valence-electron chi connectivity index (χ1n) is 4.68. The third-order valence-corrected chi connectivity index (χ3v) is 3.36. The van der Waals surface area contributed by atoms with E-state index in [-0.39, 0.29) is 0 Å². The molecule has 3 N–H and O–H groups in total. The maximum absolute atomic E-state index is 10.1. The molecule has 0 spiro atoms. The van der Waals surface area contributed by atoms with Crippen LogP contribution in [0.3, 0.4) is 0 Å². The van der Waals surface area contributed by atoms with Crippen molar-refractivity contribution in [3.05, 3.63) is 0 Å². The minimum atomic E-state index is -1.53. The van der Waals surface area contributed by atoms with Crippen molar-refractivity contribution >= 4 is 31.4 Å². The number of aliphatic hydroxyl groups is 3. The van der Waals surface area contributed by atoms with Crippen molar-refractivity contribution in [1.82, 2.24) is 0 Å². The molecule has 0 aromatic rings. The zero-order valence-corrected chi connectivity index (χ0v) is 9.83. The van der Waals surface area contributed by atoms with Gasteiger partial charge in [0.15, 0.2) is 0 Å². The molecule has 0 aromatic heterocycles. The van der Waals surface area contributed by atoms with Gasteiger partial charge in [-0.25, -0.2) is 0 Å². The Morgan fingerprint density at radius 2 is 1.50 bits per heavy atom. The minimum Gasteiger partial charge on any atom is -0.405 e. The van der Waals surface area contributed by atoms with E-state index in [0.717, 1.165) is 0 Å². The van der Waals surface area contributed by atoms with Crippen LogP contribution in [-0.4, -0.2) is 76.3 Å². The monoisotopic (exact) mass is 198 g/mol. The van der Waals surface area contributed by atoms with Crippen molar-refractivity contribution in [2.24, 2.45) is 0 Å². The maximum Gasteiger partial charge on any atom is 0.149 e. The Bertz CT molecular complexity index is 202. The zero-order chi connectivity index (χ0) is 11.8. The summed E-state index contributed by atoms with van der Waals surface area (Å²) in [5.74, 6) is 0. The van der Waals surface area contributed by atoms with Crippen LogP contribution < -0.4 is 0 Å². The van der Waals surface area contributed by atoms with Crippen molar-refractivity contribution < 1.29 is 20.1 Å². The van der Waals surface area contributed by atoms with Crippen LogP contribution in [0.25, 0.3) is 0 Å². The normalized spacial score (nSPS) is 23.5. The second-order valence-electron chi connectivity index (χ2n) is 4.62. The van der Waals surface area contributed by atoms with E-state index in [1.807, 2.05) is 0 Å². The van der Waals surface area contributed by atoms with Crippen LogP contribution in [-0.2, 0) is 4.74 Å². The van der Waals surface area contributed by atoms with Gasteiger partial charge in [0.2, 0.25) is 0 Å². The zero-order valence-electron chi connectivity index (χ0n) is 9.83. The lowest BCUT2D eigenvalue weighted by molar-refractivity contribution is -0.159. The average molecular weight is 197 g/mol. The van der Waals surface area contributed by atoms with Crippen molar-refractivity contribution in [1.29, 1.82) is 0 Å². The molecule has 0 aliphatic heterocycles. The predicted molar refractivity (Wildman–Crippen MR) is 65.5 cm³/mol. The summed E-state index contributed by atoms with van der Waals surface area (Å²) >= 11 is 0.